The van der Waals surface area contributed by atoms with Gasteiger partial charge in [0.2, 0.25) is 0 Å². The van der Waals surface area contributed by atoms with Gasteiger partial charge in [0.15, 0.2) is 0 Å². The predicted octanol–water partition coefficient (Wildman–Crippen LogP) is 2.57. The highest BCUT2D eigenvalue weighted by molar-refractivity contribution is 5.20. The first-order valence-corrected chi connectivity index (χ1v) is 5.76. The van der Waals surface area contributed by atoms with E-state index in [1.165, 1.54) is 12.1 Å². The highest BCUT2D eigenvalue weighted by Crippen LogP contribution is 2.15. The van der Waals surface area contributed by atoms with Crippen LogP contribution in [0.3, 0.4) is 0 Å². The van der Waals surface area contributed by atoms with Gasteiger partial charge < -0.3 is 10.2 Å². The summed E-state index contributed by atoms with van der Waals surface area (Å²) in [7, 11) is 4.00. The zero-order valence-corrected chi connectivity index (χ0v) is 10.8. The lowest BCUT2D eigenvalue weighted by molar-refractivity contribution is 0.295. The second-order valence-electron chi connectivity index (χ2n) is 4.65. The summed E-state index contributed by atoms with van der Waals surface area (Å²) in [5.74, 6) is -1.07. The summed E-state index contributed by atoms with van der Waals surface area (Å²) in [4.78, 5) is 2.09. The van der Waals surface area contributed by atoms with Crippen LogP contribution in [0.1, 0.15) is 25.5 Å². The molecule has 0 aliphatic rings. The average Bonchev–Trinajstić information content (AvgIpc) is 2.23. The lowest BCUT2D eigenvalue weighted by Crippen LogP contribution is -2.36. The van der Waals surface area contributed by atoms with Crippen LogP contribution < -0.4 is 5.32 Å². The maximum absolute atomic E-state index is 13.0. The highest BCUT2D eigenvalue weighted by Gasteiger charge is 2.10. The van der Waals surface area contributed by atoms with Crippen LogP contribution in [-0.2, 0) is 0 Å². The number of nitrogens with zero attached hydrogens (tertiary/aromatic N) is 1. The lowest BCUT2D eigenvalue weighted by atomic mass is 10.1. The Bertz CT molecular complexity index is 346. The summed E-state index contributed by atoms with van der Waals surface area (Å²) in [5.41, 5.74) is 0.633. The molecular weight excluding hydrogens is 222 g/mol. The van der Waals surface area contributed by atoms with E-state index in [-0.39, 0.29) is 6.04 Å². The summed E-state index contributed by atoms with van der Waals surface area (Å²) >= 11 is 0. The minimum absolute atomic E-state index is 0.0670. The molecule has 0 aromatic heterocycles. The highest BCUT2D eigenvalue weighted by atomic mass is 19.1. The van der Waals surface area contributed by atoms with Crippen molar-refractivity contribution in [3.8, 4) is 0 Å². The van der Waals surface area contributed by atoms with E-state index in [2.05, 4.69) is 17.1 Å². The molecule has 96 valence electrons. The van der Waals surface area contributed by atoms with Crippen molar-refractivity contribution >= 4 is 0 Å². The van der Waals surface area contributed by atoms with Crippen LogP contribution in [0.15, 0.2) is 18.2 Å². The summed E-state index contributed by atoms with van der Waals surface area (Å²) in [5, 5.41) is 3.26. The van der Waals surface area contributed by atoms with E-state index in [0.29, 0.717) is 11.6 Å². The number of hydrogen-bond acceptors (Lipinski definition) is 2. The zero-order chi connectivity index (χ0) is 13.0. The van der Waals surface area contributed by atoms with Crippen LogP contribution in [0, 0.1) is 11.6 Å². The molecule has 0 amide bonds. The van der Waals surface area contributed by atoms with Crippen molar-refractivity contribution < 1.29 is 8.78 Å². The predicted molar refractivity (Wildman–Crippen MR) is 65.9 cm³/mol. The fourth-order valence-electron chi connectivity index (χ4n) is 1.47. The normalized spacial score (nSPS) is 15.0. The molecule has 0 heterocycles. The molecule has 1 rings (SSSR count). The van der Waals surface area contributed by atoms with Crippen molar-refractivity contribution in [1.82, 2.24) is 10.2 Å². The first-order chi connectivity index (χ1) is 7.90. The smallest absolute Gasteiger partial charge is 0.126 e. The first-order valence-electron chi connectivity index (χ1n) is 5.76. The Hall–Kier alpha value is -1.00. The molecule has 2 unspecified atom stereocenters. The Kier molecular flexibility index (Phi) is 5.02. The van der Waals surface area contributed by atoms with Gasteiger partial charge in [-0.15, -0.1) is 0 Å². The second-order valence-corrected chi connectivity index (χ2v) is 4.65. The second kappa shape index (κ2) is 6.07. The minimum atomic E-state index is -0.533. The van der Waals surface area contributed by atoms with Crippen molar-refractivity contribution in [2.24, 2.45) is 0 Å². The van der Waals surface area contributed by atoms with E-state index in [4.69, 9.17) is 0 Å². The van der Waals surface area contributed by atoms with Gasteiger partial charge >= 0.3 is 0 Å². The average molecular weight is 242 g/mol. The Balaban J connectivity index is 2.60. The van der Waals surface area contributed by atoms with Gasteiger partial charge in [0, 0.05) is 24.7 Å². The van der Waals surface area contributed by atoms with Crippen molar-refractivity contribution in [3.63, 3.8) is 0 Å². The van der Waals surface area contributed by atoms with Crippen LogP contribution in [0.5, 0.6) is 0 Å². The van der Waals surface area contributed by atoms with Gasteiger partial charge in [0.1, 0.15) is 11.6 Å². The SMILES string of the molecule is CC(NCC(C)N(C)C)c1cc(F)cc(F)c1. The molecule has 0 radical (unpaired) electrons. The monoisotopic (exact) mass is 242 g/mol. The number of likely N-dealkylation sites (N-methyl/N-ethyl adjacent to an activating group) is 1. The molecule has 2 nitrogen and oxygen atoms in total. The third kappa shape index (κ3) is 4.40. The number of benzene rings is 1. The summed E-state index contributed by atoms with van der Waals surface area (Å²) in [6.07, 6.45) is 0. The van der Waals surface area contributed by atoms with Gasteiger partial charge in [-0.05, 0) is 45.6 Å². The Morgan fingerprint density at radius 2 is 1.65 bits per heavy atom. The van der Waals surface area contributed by atoms with Crippen molar-refractivity contribution in [2.75, 3.05) is 20.6 Å². The molecule has 1 aromatic rings. The molecule has 0 spiro atoms. The molecule has 0 saturated carbocycles. The van der Waals surface area contributed by atoms with Crippen LogP contribution >= 0.6 is 0 Å². The Labute approximate surface area is 102 Å². The molecule has 17 heavy (non-hydrogen) atoms. The van der Waals surface area contributed by atoms with Gasteiger partial charge in [-0.2, -0.15) is 0 Å². The zero-order valence-electron chi connectivity index (χ0n) is 10.8. The van der Waals surface area contributed by atoms with E-state index < -0.39 is 11.6 Å². The molecule has 0 bridgehead atoms. The molecule has 0 aliphatic heterocycles. The van der Waals surface area contributed by atoms with Crippen LogP contribution in [0.4, 0.5) is 8.78 Å². The van der Waals surface area contributed by atoms with Gasteiger partial charge in [-0.3, -0.25) is 0 Å². The fraction of sp³-hybridized carbons (Fsp3) is 0.538. The maximum Gasteiger partial charge on any atom is 0.126 e. The molecule has 0 saturated heterocycles. The Morgan fingerprint density at radius 1 is 1.12 bits per heavy atom. The molecule has 1 N–H and O–H groups in total. The van der Waals surface area contributed by atoms with Gasteiger partial charge in [-0.1, -0.05) is 0 Å². The number of nitrogens with one attached hydrogen (secondary N) is 1. The van der Waals surface area contributed by atoms with Crippen LogP contribution in [0.25, 0.3) is 0 Å². The third-order valence-electron chi connectivity index (χ3n) is 2.99. The quantitative estimate of drug-likeness (QED) is 0.853. The van der Waals surface area contributed by atoms with Crippen molar-refractivity contribution in [3.05, 3.63) is 35.4 Å². The number of rotatable bonds is 5. The molecular formula is C13H20F2N2. The lowest BCUT2D eigenvalue weighted by Gasteiger charge is -2.23. The van der Waals surface area contributed by atoms with E-state index in [1.807, 2.05) is 21.0 Å². The van der Waals surface area contributed by atoms with E-state index in [9.17, 15) is 8.78 Å². The molecule has 1 aromatic carbocycles. The number of halogens is 2. The van der Waals surface area contributed by atoms with Crippen LogP contribution in [-0.4, -0.2) is 31.6 Å². The van der Waals surface area contributed by atoms with Crippen molar-refractivity contribution in [1.29, 1.82) is 0 Å². The molecule has 0 fully saturated rings. The van der Waals surface area contributed by atoms with E-state index in [0.717, 1.165) is 12.6 Å². The maximum atomic E-state index is 13.0. The van der Waals surface area contributed by atoms with Gasteiger partial charge in [0.05, 0.1) is 0 Å². The van der Waals surface area contributed by atoms with E-state index in [1.54, 1.807) is 0 Å². The van der Waals surface area contributed by atoms with Gasteiger partial charge in [-0.25, -0.2) is 8.78 Å². The molecule has 2 atom stereocenters. The number of hydrogen-bond donors (Lipinski definition) is 1. The topological polar surface area (TPSA) is 15.3 Å². The first kappa shape index (κ1) is 14.1. The van der Waals surface area contributed by atoms with Crippen molar-refractivity contribution in [2.45, 2.75) is 25.9 Å². The molecule has 0 aliphatic carbocycles. The third-order valence-corrected chi connectivity index (χ3v) is 2.99. The van der Waals surface area contributed by atoms with Crippen LogP contribution in [0.2, 0.25) is 0 Å². The Morgan fingerprint density at radius 3 is 2.12 bits per heavy atom. The summed E-state index contributed by atoms with van der Waals surface area (Å²) in [6, 6.07) is 3.92. The standard InChI is InChI=1S/C13H20F2N2/c1-9(17(3)4)8-16-10(2)11-5-12(14)7-13(15)6-11/h5-7,9-10,16H,8H2,1-4H3. The van der Waals surface area contributed by atoms with Gasteiger partial charge in [0.25, 0.3) is 0 Å². The molecule has 4 heteroatoms. The minimum Gasteiger partial charge on any atom is -0.309 e. The summed E-state index contributed by atoms with van der Waals surface area (Å²) < 4.78 is 26.1. The fourth-order valence-corrected chi connectivity index (χ4v) is 1.47. The largest absolute Gasteiger partial charge is 0.309 e. The van der Waals surface area contributed by atoms with E-state index >= 15 is 0 Å². The summed E-state index contributed by atoms with van der Waals surface area (Å²) in [6.45, 7) is 4.76.